The van der Waals surface area contributed by atoms with Gasteiger partial charge >= 0.3 is 0 Å². The van der Waals surface area contributed by atoms with E-state index >= 15 is 0 Å². The third-order valence-electron chi connectivity index (χ3n) is 1.07. The molecule has 0 aliphatic carbocycles. The van der Waals surface area contributed by atoms with Crippen molar-refractivity contribution in [2.24, 2.45) is 0 Å². The van der Waals surface area contributed by atoms with Crippen molar-refractivity contribution in [3.63, 3.8) is 0 Å². The van der Waals surface area contributed by atoms with Gasteiger partial charge in [0.25, 0.3) is 5.92 Å². The minimum atomic E-state index is -2.50. The van der Waals surface area contributed by atoms with Gasteiger partial charge in [-0.25, -0.2) is 8.78 Å². The van der Waals surface area contributed by atoms with E-state index in [9.17, 15) is 8.78 Å². The number of hydrogen-bond donors (Lipinski definition) is 0. The molecular weight excluding hydrogens is 116 g/mol. The van der Waals surface area contributed by atoms with Gasteiger partial charge in [-0.2, -0.15) is 5.06 Å². The standard InChI is InChI=1S/C4H7F2NO/c1-8-7-2-4(5,6)3-7/h2-3H2,1H3. The van der Waals surface area contributed by atoms with Crippen LogP contribution in [-0.2, 0) is 4.84 Å². The van der Waals surface area contributed by atoms with Gasteiger partial charge in [-0.05, 0) is 0 Å². The minimum Gasteiger partial charge on any atom is -0.302 e. The Morgan fingerprint density at radius 3 is 2.12 bits per heavy atom. The van der Waals surface area contributed by atoms with Gasteiger partial charge in [-0.1, -0.05) is 0 Å². The summed E-state index contributed by atoms with van der Waals surface area (Å²) in [7, 11) is 1.38. The maximum atomic E-state index is 11.9. The van der Waals surface area contributed by atoms with Gasteiger partial charge < -0.3 is 4.84 Å². The van der Waals surface area contributed by atoms with Crippen molar-refractivity contribution in [3.8, 4) is 0 Å². The van der Waals surface area contributed by atoms with E-state index in [0.717, 1.165) is 0 Å². The highest BCUT2D eigenvalue weighted by molar-refractivity contribution is 4.81. The summed E-state index contributed by atoms with van der Waals surface area (Å²) in [5, 5.41) is 1.21. The van der Waals surface area contributed by atoms with Crippen molar-refractivity contribution in [1.29, 1.82) is 0 Å². The predicted octanol–water partition coefficient (Wildman–Crippen LogP) is 0.499. The molecule has 1 heterocycles. The Morgan fingerprint density at radius 1 is 1.50 bits per heavy atom. The Balaban J connectivity index is 2.21. The van der Waals surface area contributed by atoms with E-state index in [2.05, 4.69) is 4.84 Å². The van der Waals surface area contributed by atoms with Crippen molar-refractivity contribution in [3.05, 3.63) is 0 Å². The molecular formula is C4H7F2NO. The second-order valence-electron chi connectivity index (χ2n) is 1.84. The van der Waals surface area contributed by atoms with Gasteiger partial charge in [-0.3, -0.25) is 0 Å². The normalized spacial score (nSPS) is 27.4. The van der Waals surface area contributed by atoms with Crippen LogP contribution >= 0.6 is 0 Å². The van der Waals surface area contributed by atoms with Crippen molar-refractivity contribution >= 4 is 0 Å². The molecule has 1 saturated heterocycles. The molecule has 0 amide bonds. The highest BCUT2D eigenvalue weighted by atomic mass is 19.3. The van der Waals surface area contributed by atoms with Crippen LogP contribution in [0.3, 0.4) is 0 Å². The highest BCUT2D eigenvalue weighted by Gasteiger charge is 2.44. The van der Waals surface area contributed by atoms with Gasteiger partial charge in [0.1, 0.15) is 0 Å². The van der Waals surface area contributed by atoms with E-state index in [4.69, 9.17) is 0 Å². The molecule has 0 aromatic heterocycles. The van der Waals surface area contributed by atoms with Gasteiger partial charge in [0.05, 0.1) is 20.2 Å². The van der Waals surface area contributed by atoms with Crippen LogP contribution in [-0.4, -0.2) is 31.2 Å². The molecule has 0 bridgehead atoms. The number of hydroxylamine groups is 2. The summed E-state index contributed by atoms with van der Waals surface area (Å²) < 4.78 is 23.7. The fraction of sp³-hybridized carbons (Fsp3) is 1.00. The fourth-order valence-corrected chi connectivity index (χ4v) is 0.599. The van der Waals surface area contributed by atoms with Gasteiger partial charge in [0.15, 0.2) is 0 Å². The lowest BCUT2D eigenvalue weighted by Gasteiger charge is -2.36. The molecule has 1 rings (SSSR count). The monoisotopic (exact) mass is 123 g/mol. The molecule has 1 aliphatic rings. The lowest BCUT2D eigenvalue weighted by molar-refractivity contribution is -0.274. The van der Waals surface area contributed by atoms with Gasteiger partial charge in [0.2, 0.25) is 0 Å². The zero-order valence-electron chi connectivity index (χ0n) is 4.53. The Hall–Kier alpha value is -0.220. The summed E-state index contributed by atoms with van der Waals surface area (Å²) in [6.07, 6.45) is 0. The van der Waals surface area contributed by atoms with Crippen LogP contribution in [0.5, 0.6) is 0 Å². The van der Waals surface area contributed by atoms with Crippen LogP contribution in [0, 0.1) is 0 Å². The molecule has 0 spiro atoms. The summed E-state index contributed by atoms with van der Waals surface area (Å²) in [6.45, 7) is -0.521. The summed E-state index contributed by atoms with van der Waals surface area (Å²) in [4.78, 5) is 4.48. The molecule has 48 valence electrons. The number of halogens is 2. The molecule has 0 aromatic rings. The molecule has 2 nitrogen and oxygen atoms in total. The van der Waals surface area contributed by atoms with Crippen LogP contribution in [0.25, 0.3) is 0 Å². The van der Waals surface area contributed by atoms with Crippen molar-refractivity contribution in [2.75, 3.05) is 20.2 Å². The Bertz CT molecular complexity index is 88.0. The molecule has 1 fully saturated rings. The SMILES string of the molecule is CON1CC(F)(F)C1. The van der Waals surface area contributed by atoms with E-state index in [0.29, 0.717) is 0 Å². The molecule has 0 radical (unpaired) electrons. The van der Waals surface area contributed by atoms with E-state index in [1.165, 1.54) is 12.2 Å². The number of alkyl halides is 2. The maximum Gasteiger partial charge on any atom is 0.277 e. The summed E-state index contributed by atoms with van der Waals surface area (Å²) >= 11 is 0. The second kappa shape index (κ2) is 1.63. The first-order valence-electron chi connectivity index (χ1n) is 2.31. The Labute approximate surface area is 46.0 Å². The predicted molar refractivity (Wildman–Crippen MR) is 23.5 cm³/mol. The lowest BCUT2D eigenvalue weighted by Crippen LogP contribution is -2.55. The van der Waals surface area contributed by atoms with Crippen LogP contribution in [0.15, 0.2) is 0 Å². The molecule has 0 saturated carbocycles. The first kappa shape index (κ1) is 5.91. The van der Waals surface area contributed by atoms with E-state index < -0.39 is 5.92 Å². The quantitative estimate of drug-likeness (QED) is 0.503. The molecule has 0 N–H and O–H groups in total. The third-order valence-corrected chi connectivity index (χ3v) is 1.07. The Morgan fingerprint density at radius 2 is 2.00 bits per heavy atom. The number of nitrogens with zero attached hydrogens (tertiary/aromatic N) is 1. The maximum absolute atomic E-state index is 11.9. The molecule has 4 heteroatoms. The molecule has 0 unspecified atom stereocenters. The number of hydrogen-bond acceptors (Lipinski definition) is 2. The van der Waals surface area contributed by atoms with Crippen LogP contribution in [0.2, 0.25) is 0 Å². The zero-order valence-corrected chi connectivity index (χ0v) is 4.53. The van der Waals surface area contributed by atoms with Crippen molar-refractivity contribution < 1.29 is 13.6 Å². The summed E-state index contributed by atoms with van der Waals surface area (Å²) in [6, 6.07) is 0. The van der Waals surface area contributed by atoms with E-state index in [-0.39, 0.29) is 13.1 Å². The summed E-state index contributed by atoms with van der Waals surface area (Å²) in [5.74, 6) is -2.50. The number of rotatable bonds is 1. The van der Waals surface area contributed by atoms with E-state index in [1.807, 2.05) is 0 Å². The lowest BCUT2D eigenvalue weighted by atomic mass is 10.2. The Kier molecular flexibility index (Phi) is 1.21. The van der Waals surface area contributed by atoms with E-state index in [1.54, 1.807) is 0 Å². The first-order chi connectivity index (χ1) is 3.64. The molecule has 8 heavy (non-hydrogen) atoms. The molecule has 1 aliphatic heterocycles. The smallest absolute Gasteiger partial charge is 0.277 e. The van der Waals surface area contributed by atoms with Crippen LogP contribution < -0.4 is 0 Å². The van der Waals surface area contributed by atoms with Gasteiger partial charge in [-0.15, -0.1) is 0 Å². The molecule has 0 atom stereocenters. The van der Waals surface area contributed by atoms with Gasteiger partial charge in [0, 0.05) is 0 Å². The highest BCUT2D eigenvalue weighted by Crippen LogP contribution is 2.25. The van der Waals surface area contributed by atoms with Crippen LogP contribution in [0.4, 0.5) is 8.78 Å². The zero-order chi connectivity index (χ0) is 6.20. The second-order valence-corrected chi connectivity index (χ2v) is 1.84. The molecule has 0 aromatic carbocycles. The average molecular weight is 123 g/mol. The minimum absolute atomic E-state index is 0.260. The first-order valence-corrected chi connectivity index (χ1v) is 2.31. The average Bonchev–Trinajstić information content (AvgIpc) is 1.60. The van der Waals surface area contributed by atoms with Crippen molar-refractivity contribution in [1.82, 2.24) is 5.06 Å². The summed E-state index contributed by atoms with van der Waals surface area (Å²) in [5.41, 5.74) is 0. The van der Waals surface area contributed by atoms with Crippen LogP contribution in [0.1, 0.15) is 0 Å². The van der Waals surface area contributed by atoms with Crippen molar-refractivity contribution in [2.45, 2.75) is 5.92 Å². The topological polar surface area (TPSA) is 12.5 Å². The largest absolute Gasteiger partial charge is 0.302 e. The third kappa shape index (κ3) is 0.952. The fourth-order valence-electron chi connectivity index (χ4n) is 0.599.